The number of pyridine rings is 4. The Morgan fingerprint density at radius 2 is 0.747 bits per heavy atom. The number of rotatable bonds is 0. The number of aryl methyl sites for hydroxylation is 2. The van der Waals surface area contributed by atoms with Crippen molar-refractivity contribution in [3.63, 3.8) is 0 Å². The van der Waals surface area contributed by atoms with E-state index in [1.54, 1.807) is 17.3 Å². The summed E-state index contributed by atoms with van der Waals surface area (Å²) in [6.07, 6.45) is 13.6. The van der Waals surface area contributed by atoms with Gasteiger partial charge in [0, 0.05) is 58.5 Å². The van der Waals surface area contributed by atoms with Crippen LogP contribution in [0.25, 0.3) is 0 Å². The average Bonchev–Trinajstić information content (AvgIpc) is 2.53. The van der Waals surface area contributed by atoms with Gasteiger partial charge in [0.1, 0.15) is 0 Å². The van der Waals surface area contributed by atoms with Crippen LogP contribution < -0.4 is 0 Å². The van der Waals surface area contributed by atoms with Crippen LogP contribution in [-0.2, 0) is 50.7 Å². The summed E-state index contributed by atoms with van der Waals surface area (Å²) >= 11 is 3.41. The highest BCUT2D eigenvalue weighted by Gasteiger charge is 2.30. The number of aromatic nitrogens is 4. The van der Waals surface area contributed by atoms with Gasteiger partial charge in [-0.2, -0.15) is 0 Å². The van der Waals surface area contributed by atoms with Gasteiger partial charge in [0.2, 0.25) is 0 Å². The summed E-state index contributed by atoms with van der Waals surface area (Å²) in [4.78, 5) is 16.4. The number of halogens is 1. The van der Waals surface area contributed by atoms with Gasteiger partial charge in [-0.1, -0.05) is 298 Å². The minimum absolute atomic E-state index is 0. The first-order valence-corrected chi connectivity index (χ1v) is 31.9. The summed E-state index contributed by atoms with van der Waals surface area (Å²) in [5, 5.41) is 0. The van der Waals surface area contributed by atoms with Crippen molar-refractivity contribution in [1.29, 1.82) is 0 Å². The molecule has 0 unspecified atom stereocenters. The third-order valence-electron chi connectivity index (χ3n) is 14.8. The second-order valence-corrected chi connectivity index (χ2v) is 32.0. The molecule has 0 amide bonds. The SMILES string of the molecule is C.CC(C)(C)C1Cc2ccccc2C1.CC(C)(C)c1ccc(Br)cc1.CC(C)(C)c1ccccc1.CC(C)(C)c1ccccn1.CC(C)(C)c1cccnc1.CC(C)(C)c1ccncc1.Cc1cc(C(C)(C)C)ccn1.Cc1cccc(C(C)(C)C)c1. The lowest BCUT2D eigenvalue weighted by Crippen LogP contribution is -2.20. The molecule has 1 aliphatic rings. The standard InChI is InChI=1S/C13H18.C11H16.C10H13Br.C10H15N.C10H14.3C9H13N.CH4/c1-13(2,3)12-8-10-6-4-5-7-11(10)9-12;1-9-6-5-7-10(8-9)11(2,3)4;1-10(2,3)8-4-6-9(11)7-5-8;1-8-7-9(5-6-11-8)10(2,3)4;1-10(2,3)9-7-5-4-6-8-9;1-9(2,3)8-4-6-10-7-5-8;1-9(2,3)8-5-4-6-10-7-8;1-9(2,3)8-6-4-5-7-10-8;/h4-7,12H,8-9H2,1-3H3;5-8H,1-4H3;4-7H,1-3H3;5-7H,1-4H3;4-8H,1-3H3;3*4-7H,1-3H3;1H4. The van der Waals surface area contributed by atoms with Crippen LogP contribution in [0.15, 0.2) is 199 Å². The first kappa shape index (κ1) is 79.0. The largest absolute Gasteiger partial charge is 0.265 e. The van der Waals surface area contributed by atoms with Gasteiger partial charge in [-0.15, -0.1) is 0 Å². The van der Waals surface area contributed by atoms with Crippen molar-refractivity contribution >= 4 is 15.9 Å². The summed E-state index contributed by atoms with van der Waals surface area (Å²) in [5.41, 5.74) is 17.1. The van der Waals surface area contributed by atoms with Gasteiger partial charge < -0.3 is 0 Å². The zero-order valence-electron chi connectivity index (χ0n) is 58.6. The van der Waals surface area contributed by atoms with Gasteiger partial charge >= 0.3 is 0 Å². The maximum atomic E-state index is 4.25. The van der Waals surface area contributed by atoms with Crippen molar-refractivity contribution in [3.05, 3.63) is 261 Å². The Bertz CT molecular complexity index is 2810. The molecule has 8 aromatic rings. The van der Waals surface area contributed by atoms with Gasteiger partial charge in [-0.25, -0.2) is 0 Å². The third kappa shape index (κ3) is 32.1. The Labute approximate surface area is 542 Å². The maximum absolute atomic E-state index is 4.25. The molecule has 0 radical (unpaired) electrons. The van der Waals surface area contributed by atoms with Crippen molar-refractivity contribution in [2.75, 3.05) is 0 Å². The van der Waals surface area contributed by atoms with E-state index in [4.69, 9.17) is 0 Å². The van der Waals surface area contributed by atoms with E-state index < -0.39 is 0 Å². The van der Waals surface area contributed by atoms with Gasteiger partial charge in [0.05, 0.1) is 0 Å². The van der Waals surface area contributed by atoms with E-state index in [1.807, 2.05) is 56.1 Å². The molecule has 0 aliphatic heterocycles. The van der Waals surface area contributed by atoms with E-state index in [-0.39, 0.29) is 39.9 Å². The topological polar surface area (TPSA) is 51.6 Å². The zero-order chi connectivity index (χ0) is 65.4. The van der Waals surface area contributed by atoms with Crippen LogP contribution in [0.4, 0.5) is 0 Å². The summed E-state index contributed by atoms with van der Waals surface area (Å²) in [7, 11) is 0. The fourth-order valence-corrected chi connectivity index (χ4v) is 8.91. The maximum Gasteiger partial charge on any atom is 0.0457 e. The highest BCUT2D eigenvalue weighted by molar-refractivity contribution is 9.10. The van der Waals surface area contributed by atoms with Crippen LogP contribution in [-0.4, -0.2) is 19.9 Å². The van der Waals surface area contributed by atoms with Gasteiger partial charge in [0.15, 0.2) is 0 Å². The fraction of sp³-hybridized carbons (Fsp3) is 0.463. The Morgan fingerprint density at radius 1 is 0.333 bits per heavy atom. The van der Waals surface area contributed by atoms with E-state index in [1.165, 1.54) is 51.8 Å². The van der Waals surface area contributed by atoms with Crippen LogP contribution in [0, 0.1) is 25.2 Å². The molecule has 474 valence electrons. The van der Waals surface area contributed by atoms with Crippen molar-refractivity contribution in [2.45, 2.75) is 238 Å². The van der Waals surface area contributed by atoms with Crippen molar-refractivity contribution in [3.8, 4) is 0 Å². The van der Waals surface area contributed by atoms with Crippen molar-refractivity contribution < 1.29 is 0 Å². The summed E-state index contributed by atoms with van der Waals surface area (Å²) < 4.78 is 1.14. The Morgan fingerprint density at radius 3 is 1.08 bits per heavy atom. The van der Waals surface area contributed by atoms with E-state index >= 15 is 0 Å². The van der Waals surface area contributed by atoms with Gasteiger partial charge in [0.25, 0.3) is 0 Å². The number of hydrogen-bond acceptors (Lipinski definition) is 4. The molecule has 5 heteroatoms. The molecule has 0 spiro atoms. The molecule has 0 N–H and O–H groups in total. The first-order chi connectivity index (χ1) is 39.5. The van der Waals surface area contributed by atoms with Gasteiger partial charge in [-0.3, -0.25) is 19.9 Å². The van der Waals surface area contributed by atoms with Crippen molar-refractivity contribution in [2.24, 2.45) is 11.3 Å². The van der Waals surface area contributed by atoms with Crippen LogP contribution in [0.1, 0.15) is 235 Å². The normalized spacial score (nSPS) is 12.3. The molecule has 0 bridgehead atoms. The number of fused-ring (bicyclic) bond motifs is 1. The van der Waals surface area contributed by atoms with E-state index in [0.717, 1.165) is 21.8 Å². The lowest BCUT2D eigenvalue weighted by molar-refractivity contribution is 0.251. The molecule has 87 heavy (non-hydrogen) atoms. The molecular formula is C82H119BrN4. The molecule has 0 saturated carbocycles. The highest BCUT2D eigenvalue weighted by atomic mass is 79.9. The minimum Gasteiger partial charge on any atom is -0.265 e. The second-order valence-electron chi connectivity index (χ2n) is 31.1. The third-order valence-corrected chi connectivity index (χ3v) is 15.3. The molecule has 0 saturated heterocycles. The molecule has 4 heterocycles. The molecule has 0 fully saturated rings. The molecule has 1 aliphatic carbocycles. The monoisotopic (exact) mass is 1240 g/mol. The van der Waals surface area contributed by atoms with E-state index in [9.17, 15) is 0 Å². The smallest absolute Gasteiger partial charge is 0.0457 e. The summed E-state index contributed by atoms with van der Waals surface area (Å²) in [6, 6.07) is 55.0. The lowest BCUT2D eigenvalue weighted by Gasteiger charge is -2.26. The van der Waals surface area contributed by atoms with Crippen LogP contribution in [0.2, 0.25) is 0 Å². The summed E-state index contributed by atoms with van der Waals surface area (Å²) in [6.45, 7) is 57.5. The lowest BCUT2D eigenvalue weighted by atomic mass is 9.79. The molecular weight excluding hydrogens is 1120 g/mol. The Kier molecular flexibility index (Phi) is 32.0. The molecule has 0 atom stereocenters. The van der Waals surface area contributed by atoms with Crippen LogP contribution >= 0.6 is 15.9 Å². The van der Waals surface area contributed by atoms with Crippen LogP contribution in [0.5, 0.6) is 0 Å². The number of nitrogens with zero attached hydrogens (tertiary/aromatic N) is 4. The Balaban J connectivity index is 0.000000497. The number of benzene rings is 4. The average molecular weight is 1240 g/mol. The number of hydrogen-bond donors (Lipinski definition) is 0. The molecule has 4 nitrogen and oxygen atoms in total. The van der Waals surface area contributed by atoms with Crippen molar-refractivity contribution in [1.82, 2.24) is 19.9 Å². The second kappa shape index (κ2) is 35.2. The predicted molar refractivity (Wildman–Crippen MR) is 388 cm³/mol. The minimum atomic E-state index is 0. The quantitative estimate of drug-likeness (QED) is 0.152. The highest BCUT2D eigenvalue weighted by Crippen LogP contribution is 2.38. The van der Waals surface area contributed by atoms with E-state index in [0.29, 0.717) is 10.8 Å². The predicted octanol–water partition coefficient (Wildman–Crippen LogP) is 23.9. The molecule has 4 aromatic heterocycles. The fourth-order valence-electron chi connectivity index (χ4n) is 8.65. The summed E-state index contributed by atoms with van der Waals surface area (Å²) in [5.74, 6) is 0.838. The molecule has 4 aromatic carbocycles. The Hall–Kier alpha value is -6.04. The van der Waals surface area contributed by atoms with Gasteiger partial charge in [-0.05, 0) is 170 Å². The zero-order valence-corrected chi connectivity index (χ0v) is 60.2. The first-order valence-electron chi connectivity index (χ1n) is 31.1. The van der Waals surface area contributed by atoms with E-state index in [2.05, 4.69) is 348 Å². The molecule has 9 rings (SSSR count). The van der Waals surface area contributed by atoms with Crippen LogP contribution in [0.3, 0.4) is 0 Å².